The molecule has 122 valence electrons. The smallest absolute Gasteiger partial charge is 0.244 e. The maximum Gasteiger partial charge on any atom is 0.244 e. The van der Waals surface area contributed by atoms with Gasteiger partial charge in [-0.1, -0.05) is 6.07 Å². The second-order valence-electron chi connectivity index (χ2n) is 5.30. The van der Waals surface area contributed by atoms with Gasteiger partial charge in [-0.3, -0.25) is 9.78 Å². The summed E-state index contributed by atoms with van der Waals surface area (Å²) in [7, 11) is -2.37. The van der Waals surface area contributed by atoms with Gasteiger partial charge in [0.2, 0.25) is 15.9 Å². The van der Waals surface area contributed by atoms with Crippen molar-refractivity contribution in [1.29, 1.82) is 0 Å². The quantitative estimate of drug-likeness (QED) is 0.907. The Morgan fingerprint density at radius 2 is 1.96 bits per heavy atom. The Morgan fingerprint density at radius 1 is 1.22 bits per heavy atom. The third-order valence-electron chi connectivity index (χ3n) is 3.50. The van der Waals surface area contributed by atoms with Crippen molar-refractivity contribution in [3.05, 3.63) is 53.9 Å². The number of amides is 1. The molecule has 6 nitrogen and oxygen atoms in total. The van der Waals surface area contributed by atoms with E-state index in [9.17, 15) is 13.2 Å². The number of nitrogens with zero attached hydrogens (tertiary/aromatic N) is 2. The molecule has 0 bridgehead atoms. The number of aromatic nitrogens is 1. The van der Waals surface area contributed by atoms with Crippen molar-refractivity contribution in [3.8, 4) is 0 Å². The predicted octanol–water partition coefficient (Wildman–Crippen LogP) is 1.96. The van der Waals surface area contributed by atoms with E-state index in [1.807, 2.05) is 26.0 Å². The SMILES string of the molecule is Cc1ccc(NC(=O)CN(C)S(=O)(=O)c2cccnc2)cc1C. The summed E-state index contributed by atoms with van der Waals surface area (Å²) in [6.45, 7) is 3.66. The van der Waals surface area contributed by atoms with Crippen molar-refractivity contribution in [2.24, 2.45) is 0 Å². The highest BCUT2D eigenvalue weighted by molar-refractivity contribution is 7.89. The van der Waals surface area contributed by atoms with Gasteiger partial charge in [0.25, 0.3) is 0 Å². The zero-order chi connectivity index (χ0) is 17.0. The minimum Gasteiger partial charge on any atom is -0.325 e. The van der Waals surface area contributed by atoms with Gasteiger partial charge in [0, 0.05) is 25.1 Å². The number of sulfonamides is 1. The average molecular weight is 333 g/mol. The molecule has 0 spiro atoms. The van der Waals surface area contributed by atoms with Crippen LogP contribution in [-0.4, -0.2) is 37.2 Å². The molecular formula is C16H19N3O3S. The third-order valence-corrected chi connectivity index (χ3v) is 5.29. The molecule has 23 heavy (non-hydrogen) atoms. The molecule has 2 aromatic rings. The molecule has 0 atom stereocenters. The van der Waals surface area contributed by atoms with Gasteiger partial charge in [0.05, 0.1) is 6.54 Å². The lowest BCUT2D eigenvalue weighted by molar-refractivity contribution is -0.116. The van der Waals surface area contributed by atoms with Crippen LogP contribution < -0.4 is 5.32 Å². The Balaban J connectivity index is 2.06. The second kappa shape index (κ2) is 6.89. The van der Waals surface area contributed by atoms with Crippen LogP contribution in [0, 0.1) is 13.8 Å². The van der Waals surface area contributed by atoms with Crippen molar-refractivity contribution in [2.45, 2.75) is 18.7 Å². The zero-order valence-electron chi connectivity index (χ0n) is 13.3. The summed E-state index contributed by atoms with van der Waals surface area (Å²) in [5.74, 6) is -0.400. The van der Waals surface area contributed by atoms with Gasteiger partial charge in [-0.05, 0) is 49.2 Å². The van der Waals surface area contributed by atoms with E-state index in [-0.39, 0.29) is 11.4 Å². The average Bonchev–Trinajstić information content (AvgIpc) is 2.51. The van der Waals surface area contributed by atoms with Crippen LogP contribution in [0.4, 0.5) is 5.69 Å². The van der Waals surface area contributed by atoms with Crippen molar-refractivity contribution in [1.82, 2.24) is 9.29 Å². The molecule has 1 N–H and O–H groups in total. The summed E-state index contributed by atoms with van der Waals surface area (Å²) >= 11 is 0. The number of hydrogen-bond donors (Lipinski definition) is 1. The molecule has 0 aliphatic carbocycles. The molecule has 0 saturated carbocycles. The van der Waals surface area contributed by atoms with Crippen molar-refractivity contribution in [3.63, 3.8) is 0 Å². The number of benzene rings is 1. The molecule has 0 saturated heterocycles. The van der Waals surface area contributed by atoms with E-state index >= 15 is 0 Å². The number of carbonyl (C=O) groups excluding carboxylic acids is 1. The minimum atomic E-state index is -3.73. The largest absolute Gasteiger partial charge is 0.325 e. The first kappa shape index (κ1) is 17.1. The van der Waals surface area contributed by atoms with Crippen LogP contribution in [-0.2, 0) is 14.8 Å². The molecule has 1 aromatic heterocycles. The van der Waals surface area contributed by atoms with Crippen LogP contribution >= 0.6 is 0 Å². The monoisotopic (exact) mass is 333 g/mol. The fourth-order valence-electron chi connectivity index (χ4n) is 1.99. The number of hydrogen-bond acceptors (Lipinski definition) is 4. The summed E-state index contributed by atoms with van der Waals surface area (Å²) in [6, 6.07) is 8.52. The highest BCUT2D eigenvalue weighted by Crippen LogP contribution is 2.15. The lowest BCUT2D eigenvalue weighted by Gasteiger charge is -2.16. The molecule has 1 aromatic carbocycles. The topological polar surface area (TPSA) is 79.4 Å². The molecule has 0 radical (unpaired) electrons. The Bertz CT molecular complexity index is 805. The summed E-state index contributed by atoms with van der Waals surface area (Å²) in [6.07, 6.45) is 2.75. The number of likely N-dealkylation sites (N-methyl/N-ethyl adjacent to an activating group) is 1. The summed E-state index contributed by atoms with van der Waals surface area (Å²) in [5.41, 5.74) is 2.82. The first-order valence-corrected chi connectivity index (χ1v) is 8.48. The molecule has 0 fully saturated rings. The number of aryl methyl sites for hydroxylation is 2. The van der Waals surface area contributed by atoms with Gasteiger partial charge in [0.15, 0.2) is 0 Å². The highest BCUT2D eigenvalue weighted by atomic mass is 32.2. The fraction of sp³-hybridized carbons (Fsp3) is 0.250. The number of nitrogens with one attached hydrogen (secondary N) is 1. The maximum atomic E-state index is 12.3. The molecule has 7 heteroatoms. The molecule has 1 amide bonds. The third kappa shape index (κ3) is 4.14. The van der Waals surface area contributed by atoms with Crippen LogP contribution in [0.5, 0.6) is 0 Å². The first-order valence-electron chi connectivity index (χ1n) is 7.04. The number of anilines is 1. The van der Waals surface area contributed by atoms with E-state index in [0.717, 1.165) is 15.4 Å². The second-order valence-corrected chi connectivity index (χ2v) is 7.34. The van der Waals surface area contributed by atoms with Gasteiger partial charge in [-0.15, -0.1) is 0 Å². The van der Waals surface area contributed by atoms with E-state index in [1.165, 1.54) is 31.6 Å². The van der Waals surface area contributed by atoms with Gasteiger partial charge in [-0.2, -0.15) is 4.31 Å². The number of pyridine rings is 1. The Kier molecular flexibility index (Phi) is 5.12. The van der Waals surface area contributed by atoms with Gasteiger partial charge in [-0.25, -0.2) is 8.42 Å². The molecule has 1 heterocycles. The summed E-state index contributed by atoms with van der Waals surface area (Å²) in [4.78, 5) is 15.9. The van der Waals surface area contributed by atoms with Crippen molar-refractivity contribution < 1.29 is 13.2 Å². The van der Waals surface area contributed by atoms with Gasteiger partial charge >= 0.3 is 0 Å². The van der Waals surface area contributed by atoms with Crippen LogP contribution in [0.25, 0.3) is 0 Å². The van der Waals surface area contributed by atoms with Crippen LogP contribution in [0.3, 0.4) is 0 Å². The normalized spacial score (nSPS) is 11.5. The summed E-state index contributed by atoms with van der Waals surface area (Å²) < 4.78 is 25.6. The number of rotatable bonds is 5. The van der Waals surface area contributed by atoms with E-state index in [0.29, 0.717) is 5.69 Å². The van der Waals surface area contributed by atoms with Crippen LogP contribution in [0.2, 0.25) is 0 Å². The van der Waals surface area contributed by atoms with Gasteiger partial charge < -0.3 is 5.32 Å². The van der Waals surface area contributed by atoms with Crippen LogP contribution in [0.1, 0.15) is 11.1 Å². The van der Waals surface area contributed by atoms with Gasteiger partial charge in [0.1, 0.15) is 4.90 Å². The first-order chi connectivity index (χ1) is 10.8. The molecule has 0 aliphatic rings. The zero-order valence-corrected chi connectivity index (χ0v) is 14.1. The molecular weight excluding hydrogens is 314 g/mol. The van der Waals surface area contributed by atoms with E-state index in [1.54, 1.807) is 6.07 Å². The lowest BCUT2D eigenvalue weighted by atomic mass is 10.1. The molecule has 0 unspecified atom stereocenters. The fourth-order valence-corrected chi connectivity index (χ4v) is 3.08. The standard InChI is InChI=1S/C16H19N3O3S/c1-12-6-7-14(9-13(12)2)18-16(20)11-19(3)23(21,22)15-5-4-8-17-10-15/h4-10H,11H2,1-3H3,(H,18,20). The van der Waals surface area contributed by atoms with E-state index < -0.39 is 15.9 Å². The Hall–Kier alpha value is -2.25. The van der Waals surface area contributed by atoms with Crippen molar-refractivity contribution >= 4 is 21.6 Å². The lowest BCUT2D eigenvalue weighted by Crippen LogP contribution is -2.35. The highest BCUT2D eigenvalue weighted by Gasteiger charge is 2.23. The summed E-state index contributed by atoms with van der Waals surface area (Å²) in [5, 5.41) is 2.70. The van der Waals surface area contributed by atoms with E-state index in [4.69, 9.17) is 0 Å². The maximum absolute atomic E-state index is 12.3. The molecule has 0 aliphatic heterocycles. The Morgan fingerprint density at radius 3 is 2.57 bits per heavy atom. The molecule has 2 rings (SSSR count). The van der Waals surface area contributed by atoms with Crippen molar-refractivity contribution in [2.75, 3.05) is 18.9 Å². The Labute approximate surface area is 136 Å². The number of carbonyl (C=O) groups is 1. The minimum absolute atomic E-state index is 0.0569. The van der Waals surface area contributed by atoms with Crippen LogP contribution in [0.15, 0.2) is 47.6 Å². The predicted molar refractivity (Wildman–Crippen MR) is 88.6 cm³/mol. The van der Waals surface area contributed by atoms with E-state index in [2.05, 4.69) is 10.3 Å².